The summed E-state index contributed by atoms with van der Waals surface area (Å²) in [6.45, 7) is 3.13. The smallest absolute Gasteiger partial charge is 0.238 e. The highest BCUT2D eigenvalue weighted by Crippen LogP contribution is 2.56. The number of benzene rings is 3. The summed E-state index contributed by atoms with van der Waals surface area (Å²) in [6, 6.07) is 22.1. The minimum Gasteiger partial charge on any atom is -0.497 e. The number of morpholine rings is 1. The fourth-order valence-corrected chi connectivity index (χ4v) is 6.52. The second-order valence-corrected chi connectivity index (χ2v) is 11.4. The quantitative estimate of drug-likeness (QED) is 0.250. The SMILES string of the molecule is COc1ccc(CN2C(=O)C3(CCC3)c3cc(/C(=C/C(=N)N4CCOCC4)Nc4ccccc4)cc(Br)c32)cc1. The number of carbonyl (C=O) groups is 1. The van der Waals surface area contributed by atoms with Gasteiger partial charge < -0.3 is 24.6 Å². The lowest BCUT2D eigenvalue weighted by molar-refractivity contribution is -0.126. The lowest BCUT2D eigenvalue weighted by atomic mass is 9.65. The molecule has 0 atom stereocenters. The third-order valence-corrected chi connectivity index (χ3v) is 8.81. The molecule has 2 heterocycles. The standard InChI is InChI=1S/C32H33BrN4O3/c1-39-25-10-8-22(9-11-25)21-37-30-26(32(31(37)38)12-5-13-32)18-23(19-27(30)33)28(35-24-6-3-2-4-7-24)20-29(34)36-14-16-40-17-15-36/h2-4,6-11,18-20,34-35H,5,12-17,21H2,1H3/b28-20-,34-29?. The predicted molar refractivity (Wildman–Crippen MR) is 162 cm³/mol. The lowest BCUT2D eigenvalue weighted by Crippen LogP contribution is -2.44. The van der Waals surface area contributed by atoms with Gasteiger partial charge >= 0.3 is 0 Å². The van der Waals surface area contributed by atoms with Crippen molar-refractivity contribution >= 4 is 44.7 Å². The van der Waals surface area contributed by atoms with E-state index in [1.165, 1.54) is 0 Å². The Morgan fingerprint density at radius 3 is 2.48 bits per heavy atom. The van der Waals surface area contributed by atoms with Gasteiger partial charge in [-0.2, -0.15) is 0 Å². The molecule has 6 rings (SSSR count). The monoisotopic (exact) mass is 600 g/mol. The van der Waals surface area contributed by atoms with Gasteiger partial charge in [-0.05, 0) is 81.9 Å². The minimum atomic E-state index is -0.490. The molecule has 0 aromatic heterocycles. The molecular weight excluding hydrogens is 568 g/mol. The molecule has 3 aromatic carbocycles. The van der Waals surface area contributed by atoms with Gasteiger partial charge in [-0.15, -0.1) is 0 Å². The molecule has 206 valence electrons. The zero-order valence-corrected chi connectivity index (χ0v) is 24.2. The van der Waals surface area contributed by atoms with Crippen molar-refractivity contribution in [2.24, 2.45) is 0 Å². The van der Waals surface area contributed by atoms with E-state index in [2.05, 4.69) is 33.4 Å². The molecule has 3 aromatic rings. The number of amidine groups is 1. The van der Waals surface area contributed by atoms with Gasteiger partial charge in [0.05, 0.1) is 38.0 Å². The van der Waals surface area contributed by atoms with Crippen LogP contribution in [0, 0.1) is 5.41 Å². The van der Waals surface area contributed by atoms with Crippen LogP contribution in [0.4, 0.5) is 11.4 Å². The highest BCUT2D eigenvalue weighted by Gasteiger charge is 2.55. The van der Waals surface area contributed by atoms with Gasteiger partial charge in [-0.25, -0.2) is 0 Å². The van der Waals surface area contributed by atoms with Crippen LogP contribution in [0.25, 0.3) is 5.70 Å². The Kier molecular flexibility index (Phi) is 7.38. The Morgan fingerprint density at radius 1 is 1.10 bits per heavy atom. The van der Waals surface area contributed by atoms with Gasteiger partial charge in [0.2, 0.25) is 5.91 Å². The van der Waals surface area contributed by atoms with E-state index < -0.39 is 5.41 Å². The molecule has 1 saturated carbocycles. The van der Waals surface area contributed by atoms with Crippen molar-refractivity contribution in [3.63, 3.8) is 0 Å². The first-order valence-corrected chi connectivity index (χ1v) is 14.5. The topological polar surface area (TPSA) is 77.9 Å². The third-order valence-electron chi connectivity index (χ3n) is 8.21. The van der Waals surface area contributed by atoms with Crippen LogP contribution >= 0.6 is 15.9 Å². The first-order chi connectivity index (χ1) is 19.5. The number of ether oxygens (including phenoxy) is 2. The van der Waals surface area contributed by atoms with Crippen molar-refractivity contribution in [1.82, 2.24) is 4.90 Å². The van der Waals surface area contributed by atoms with Gasteiger partial charge in [-0.1, -0.05) is 36.8 Å². The van der Waals surface area contributed by atoms with Crippen molar-refractivity contribution in [2.45, 2.75) is 31.2 Å². The molecule has 40 heavy (non-hydrogen) atoms. The molecule has 0 radical (unpaired) electrons. The maximum atomic E-state index is 14.0. The Bertz CT molecular complexity index is 1440. The zero-order valence-electron chi connectivity index (χ0n) is 22.6. The molecule has 0 bridgehead atoms. The average Bonchev–Trinajstić information content (AvgIpc) is 3.22. The number of anilines is 2. The molecule has 3 aliphatic rings. The number of nitrogens with zero attached hydrogens (tertiary/aromatic N) is 2. The van der Waals surface area contributed by atoms with E-state index >= 15 is 0 Å². The van der Waals surface area contributed by atoms with Crippen LogP contribution in [0.15, 0.2) is 77.3 Å². The van der Waals surface area contributed by atoms with Crippen LogP contribution in [0.5, 0.6) is 5.75 Å². The van der Waals surface area contributed by atoms with E-state index in [-0.39, 0.29) is 5.91 Å². The summed E-state index contributed by atoms with van der Waals surface area (Å²) in [5, 5.41) is 12.4. The number of nitrogens with one attached hydrogen (secondary N) is 2. The fourth-order valence-electron chi connectivity index (χ4n) is 5.85. The largest absolute Gasteiger partial charge is 0.497 e. The number of halogens is 1. The molecule has 2 aliphatic heterocycles. The molecule has 7 nitrogen and oxygen atoms in total. The molecular formula is C32H33BrN4O3. The molecule has 0 unspecified atom stereocenters. The molecule has 1 spiro atoms. The minimum absolute atomic E-state index is 0.171. The molecule has 1 amide bonds. The summed E-state index contributed by atoms with van der Waals surface area (Å²) >= 11 is 3.85. The van der Waals surface area contributed by atoms with Crippen LogP contribution < -0.4 is 15.0 Å². The Hall–Kier alpha value is -3.62. The second kappa shape index (κ2) is 11.1. The van der Waals surface area contributed by atoms with Gasteiger partial charge in [0, 0.05) is 35.0 Å². The van der Waals surface area contributed by atoms with E-state index in [9.17, 15) is 4.79 Å². The van der Waals surface area contributed by atoms with Crippen LogP contribution in [0.3, 0.4) is 0 Å². The highest BCUT2D eigenvalue weighted by molar-refractivity contribution is 9.10. The van der Waals surface area contributed by atoms with E-state index in [1.54, 1.807) is 7.11 Å². The number of hydrogen-bond acceptors (Lipinski definition) is 5. The summed E-state index contributed by atoms with van der Waals surface area (Å²) in [6.07, 6.45) is 4.63. The maximum Gasteiger partial charge on any atom is 0.238 e. The number of carbonyl (C=O) groups excluding carboxylic acids is 1. The van der Waals surface area contributed by atoms with Crippen LogP contribution in [0.2, 0.25) is 0 Å². The predicted octanol–water partition coefficient (Wildman–Crippen LogP) is 6.19. The van der Waals surface area contributed by atoms with E-state index in [4.69, 9.17) is 14.9 Å². The summed E-state index contributed by atoms with van der Waals surface area (Å²) in [5.74, 6) is 1.41. The molecule has 1 aliphatic carbocycles. The van der Waals surface area contributed by atoms with Crippen LogP contribution in [0.1, 0.15) is 36.0 Å². The van der Waals surface area contributed by atoms with Gasteiger partial charge in [0.25, 0.3) is 0 Å². The normalized spacial score (nSPS) is 17.9. The summed E-state index contributed by atoms with van der Waals surface area (Å²) in [5.41, 5.74) is 5.29. The first kappa shape index (κ1) is 26.6. The van der Waals surface area contributed by atoms with Gasteiger partial charge in [-0.3, -0.25) is 10.2 Å². The van der Waals surface area contributed by atoms with E-state index in [1.807, 2.05) is 70.5 Å². The zero-order chi connectivity index (χ0) is 27.7. The van der Waals surface area contributed by atoms with Crippen molar-refractivity contribution < 1.29 is 14.3 Å². The number of amides is 1. The van der Waals surface area contributed by atoms with Crippen molar-refractivity contribution in [3.8, 4) is 5.75 Å². The third kappa shape index (κ3) is 4.90. The number of methoxy groups -OCH3 is 1. The van der Waals surface area contributed by atoms with Crippen LogP contribution in [-0.4, -0.2) is 50.1 Å². The van der Waals surface area contributed by atoms with E-state index in [0.29, 0.717) is 38.7 Å². The number of rotatable bonds is 7. The van der Waals surface area contributed by atoms with Crippen LogP contribution in [-0.2, 0) is 21.5 Å². The van der Waals surface area contributed by atoms with E-state index in [0.717, 1.165) is 63.2 Å². The maximum absolute atomic E-state index is 14.0. The van der Waals surface area contributed by atoms with Crippen molar-refractivity contribution in [1.29, 1.82) is 5.41 Å². The summed E-state index contributed by atoms with van der Waals surface area (Å²) in [4.78, 5) is 18.0. The summed E-state index contributed by atoms with van der Waals surface area (Å²) in [7, 11) is 1.65. The van der Waals surface area contributed by atoms with Crippen molar-refractivity contribution in [2.75, 3.05) is 43.6 Å². The Balaban J connectivity index is 1.40. The molecule has 1 saturated heterocycles. The number of hydrogen-bond donors (Lipinski definition) is 2. The molecule has 2 N–H and O–H groups in total. The fraction of sp³-hybridized carbons (Fsp3) is 0.312. The molecule has 8 heteroatoms. The number of para-hydroxylation sites is 1. The van der Waals surface area contributed by atoms with Gasteiger partial charge in [0.1, 0.15) is 11.6 Å². The van der Waals surface area contributed by atoms with Crippen molar-refractivity contribution in [3.05, 3.63) is 94.0 Å². The first-order valence-electron chi connectivity index (χ1n) is 13.7. The second-order valence-electron chi connectivity index (χ2n) is 10.6. The summed E-state index contributed by atoms with van der Waals surface area (Å²) < 4.78 is 11.7. The van der Waals surface area contributed by atoms with Gasteiger partial charge in [0.15, 0.2) is 0 Å². The Labute approximate surface area is 243 Å². The average molecular weight is 602 g/mol. The lowest BCUT2D eigenvalue weighted by Gasteiger charge is -2.37. The number of fused-ring (bicyclic) bond motifs is 2. The Morgan fingerprint density at radius 2 is 1.82 bits per heavy atom. The molecule has 2 fully saturated rings. The highest BCUT2D eigenvalue weighted by atomic mass is 79.9.